The predicted molar refractivity (Wildman–Crippen MR) is 195 cm³/mol. The van der Waals surface area contributed by atoms with Crippen LogP contribution in [-0.2, 0) is 40.8 Å². The molecule has 3 aromatic rings. The normalized spacial score (nSPS) is 27.7. The van der Waals surface area contributed by atoms with E-state index >= 15 is 0 Å². The second kappa shape index (κ2) is 16.0. The van der Waals surface area contributed by atoms with Crippen molar-refractivity contribution in [1.29, 1.82) is 0 Å². The minimum atomic E-state index is -5.92. The fourth-order valence-electron chi connectivity index (χ4n) is 6.28. The van der Waals surface area contributed by atoms with E-state index in [0.717, 1.165) is 10.9 Å². The first-order chi connectivity index (χ1) is 26.4. The molecule has 0 amide bonds. The molecule has 0 bridgehead atoms. The number of nitrogens with one attached hydrogen (secondary N) is 2. The number of aromatic nitrogens is 6. The summed E-state index contributed by atoms with van der Waals surface area (Å²) in [6.07, 6.45) is -7.25. The minimum absolute atomic E-state index is 0.122. The third-order valence-corrected chi connectivity index (χ3v) is 13.1. The number of nitrogens with two attached hydrogens (primary N) is 2. The molecule has 6 heterocycles. The zero-order chi connectivity index (χ0) is 41.8. The standard InChI is InChI=1S/C26H43N12O16P3/c1-34-12-37(21-17(34)23(42)33-26(28)31-21)15-8-35(5-6-38(2,3)4)7-13(51-15)9-49-55(43,44)53-57(47,48)54-56(45,46)50-10-14-18(39)19(40)24(52-14)36-11-29-16-20(36)30-25(27)32-22(16)41/h11,13-15,18-19,24,39-40H,5-10,12H2,1-4H3,(H8-,27,28,30,31,32,33,41,42,43,44,45,46,47,48)/p+1/t13-,14+,15+,18+,19+,24+/m0/s1. The van der Waals surface area contributed by atoms with Gasteiger partial charge < -0.3 is 60.1 Å². The molecule has 3 aliphatic rings. The molecule has 0 saturated carbocycles. The van der Waals surface area contributed by atoms with Crippen LogP contribution in [0.25, 0.3) is 11.2 Å². The summed E-state index contributed by atoms with van der Waals surface area (Å²) in [5.74, 6) is -0.160. The molecule has 31 heteroatoms. The number of rotatable bonds is 15. The highest BCUT2D eigenvalue weighted by atomic mass is 31.3. The van der Waals surface area contributed by atoms with Gasteiger partial charge in [0, 0.05) is 26.7 Å². The Morgan fingerprint density at radius 2 is 1.54 bits per heavy atom. The summed E-state index contributed by atoms with van der Waals surface area (Å²) in [7, 11) is -9.46. The average Bonchev–Trinajstić information content (AvgIpc) is 3.73. The molecule has 57 heavy (non-hydrogen) atoms. The number of aliphatic hydroxyl groups excluding tert-OH is 2. The molecule has 3 aliphatic heterocycles. The van der Waals surface area contributed by atoms with E-state index in [4.69, 9.17) is 25.5 Å². The van der Waals surface area contributed by atoms with E-state index in [1.807, 2.05) is 26.0 Å². The summed E-state index contributed by atoms with van der Waals surface area (Å²) in [6.45, 7) is 0.136. The first kappa shape index (κ1) is 43.2. The monoisotopic (exact) mass is 873 g/mol. The summed E-state index contributed by atoms with van der Waals surface area (Å²) in [5.41, 5.74) is 10.2. The SMILES string of the molecule is CN1CN([C@H]2CN(CC[N+](C)(C)C)C[C@@H](COP(=O)(O)OP(=O)(O)OP(=O)(O)OC[C@H]3O[C@@H](n4cnc5c(=O)[nH]c(N)nc54)[C@H](O)[C@@H]3O)O2)c2nc(N)[nH]c(=O)c21. The van der Waals surface area contributed by atoms with Crippen LogP contribution in [0, 0.1) is 0 Å². The van der Waals surface area contributed by atoms with Crippen molar-refractivity contribution in [2.75, 3.05) is 95.5 Å². The fraction of sp³-hybridized carbons (Fsp3) is 0.654. The van der Waals surface area contributed by atoms with E-state index in [1.165, 1.54) is 0 Å². The number of quaternary nitrogens is 1. The molecule has 3 unspecified atom stereocenters. The number of hydrogen-bond donors (Lipinski definition) is 9. The topological polar surface area (TPSA) is 379 Å². The van der Waals surface area contributed by atoms with E-state index in [-0.39, 0.29) is 47.8 Å². The number of phosphoric ester groups is 2. The Bertz CT molecular complexity index is 2240. The number of hydrogen-bond acceptors (Lipinski definition) is 21. The molecule has 6 rings (SSSR count). The zero-order valence-corrected chi connectivity index (χ0v) is 33.5. The Morgan fingerprint density at radius 1 is 0.912 bits per heavy atom. The van der Waals surface area contributed by atoms with Crippen LogP contribution < -0.4 is 32.4 Å². The molecule has 318 valence electrons. The number of phosphoric acid groups is 3. The van der Waals surface area contributed by atoms with Crippen molar-refractivity contribution in [2.24, 2.45) is 0 Å². The highest BCUT2D eigenvalue weighted by molar-refractivity contribution is 7.66. The van der Waals surface area contributed by atoms with Crippen molar-refractivity contribution in [3.8, 4) is 0 Å². The van der Waals surface area contributed by atoms with Crippen LogP contribution >= 0.6 is 23.5 Å². The molecular weight excluding hydrogens is 829 g/mol. The lowest BCUT2D eigenvalue weighted by Crippen LogP contribution is -2.57. The fourth-order valence-corrected chi connectivity index (χ4v) is 9.82. The number of H-pyrrole nitrogens is 2. The van der Waals surface area contributed by atoms with Gasteiger partial charge >= 0.3 is 23.5 Å². The number of nitrogen functional groups attached to an aromatic ring is 2. The van der Waals surface area contributed by atoms with Crippen LogP contribution in [0.4, 0.5) is 23.4 Å². The Labute approximate surface area is 321 Å². The van der Waals surface area contributed by atoms with Gasteiger partial charge in [-0.2, -0.15) is 18.6 Å². The van der Waals surface area contributed by atoms with E-state index in [2.05, 4.69) is 38.1 Å². The van der Waals surface area contributed by atoms with E-state index in [1.54, 1.807) is 16.8 Å². The third kappa shape index (κ3) is 10.1. The van der Waals surface area contributed by atoms with E-state index in [0.29, 0.717) is 24.1 Å². The number of aliphatic hydroxyl groups is 2. The molecule has 2 fully saturated rings. The van der Waals surface area contributed by atoms with Crippen molar-refractivity contribution >= 4 is 58.0 Å². The van der Waals surface area contributed by atoms with Gasteiger partial charge in [-0.25, -0.2) is 18.7 Å². The number of morpholine rings is 1. The van der Waals surface area contributed by atoms with Gasteiger partial charge in [0.05, 0.1) is 60.0 Å². The molecule has 0 radical (unpaired) electrons. The summed E-state index contributed by atoms with van der Waals surface area (Å²) < 4.78 is 69.7. The minimum Gasteiger partial charge on any atom is -0.387 e. The van der Waals surface area contributed by atoms with Crippen LogP contribution in [0.5, 0.6) is 0 Å². The third-order valence-electron chi connectivity index (χ3n) is 8.87. The van der Waals surface area contributed by atoms with Gasteiger partial charge in [0.15, 0.2) is 23.2 Å². The smallest absolute Gasteiger partial charge is 0.387 e. The van der Waals surface area contributed by atoms with Gasteiger partial charge in [0.25, 0.3) is 11.1 Å². The number of fused-ring (bicyclic) bond motifs is 2. The van der Waals surface area contributed by atoms with Gasteiger partial charge in [0.1, 0.15) is 30.2 Å². The van der Waals surface area contributed by atoms with Crippen molar-refractivity contribution in [3.05, 3.63) is 27.0 Å². The Morgan fingerprint density at radius 3 is 2.21 bits per heavy atom. The highest BCUT2D eigenvalue weighted by Crippen LogP contribution is 2.67. The zero-order valence-electron chi connectivity index (χ0n) is 30.8. The number of anilines is 4. The average molecular weight is 874 g/mol. The quantitative estimate of drug-likeness (QED) is 0.0543. The Balaban J connectivity index is 1.06. The molecule has 9 atom stereocenters. The summed E-state index contributed by atoms with van der Waals surface area (Å²) in [6, 6.07) is 0. The molecular formula is C26H44N12O16P3+. The van der Waals surface area contributed by atoms with Crippen LogP contribution in [0.3, 0.4) is 0 Å². The van der Waals surface area contributed by atoms with Gasteiger partial charge in [-0.3, -0.25) is 38.1 Å². The maximum atomic E-state index is 12.9. The van der Waals surface area contributed by atoms with Crippen LogP contribution in [0.2, 0.25) is 0 Å². The van der Waals surface area contributed by atoms with Crippen LogP contribution in [-0.4, -0.2) is 169 Å². The second-order valence-corrected chi connectivity index (χ2v) is 19.0. The van der Waals surface area contributed by atoms with Crippen molar-refractivity contribution in [2.45, 2.75) is 36.9 Å². The highest BCUT2D eigenvalue weighted by Gasteiger charge is 2.48. The van der Waals surface area contributed by atoms with Gasteiger partial charge in [0.2, 0.25) is 11.9 Å². The van der Waals surface area contributed by atoms with Crippen molar-refractivity contribution < 1.29 is 70.2 Å². The molecule has 2 saturated heterocycles. The van der Waals surface area contributed by atoms with E-state index in [9.17, 15) is 48.2 Å². The number of aromatic amines is 2. The molecule has 0 aromatic carbocycles. The van der Waals surface area contributed by atoms with Crippen LogP contribution in [0.1, 0.15) is 6.23 Å². The predicted octanol–water partition coefficient (Wildman–Crippen LogP) is -3.00. The van der Waals surface area contributed by atoms with E-state index < -0.39 is 84.7 Å². The first-order valence-electron chi connectivity index (χ1n) is 16.9. The number of likely N-dealkylation sites (N-methyl/N-ethyl adjacent to an activating group) is 1. The lowest BCUT2D eigenvalue weighted by Gasteiger charge is -2.42. The van der Waals surface area contributed by atoms with Crippen molar-refractivity contribution in [3.63, 3.8) is 0 Å². The maximum Gasteiger partial charge on any atom is 0.490 e. The summed E-state index contributed by atoms with van der Waals surface area (Å²) in [5, 5.41) is 21.1. The first-order valence-corrected chi connectivity index (χ1v) is 21.4. The molecule has 28 nitrogen and oxygen atoms in total. The van der Waals surface area contributed by atoms with Crippen LogP contribution in [0.15, 0.2) is 15.9 Å². The molecule has 11 N–H and O–H groups in total. The number of ether oxygens (including phenoxy) is 2. The largest absolute Gasteiger partial charge is 0.490 e. The van der Waals surface area contributed by atoms with Crippen molar-refractivity contribution in [1.82, 2.24) is 34.4 Å². The Hall–Kier alpha value is -3.40. The summed E-state index contributed by atoms with van der Waals surface area (Å²) in [4.78, 5) is 77.5. The van der Waals surface area contributed by atoms with Gasteiger partial charge in [-0.1, -0.05) is 0 Å². The lowest BCUT2D eigenvalue weighted by atomic mass is 10.1. The number of imidazole rings is 1. The number of nitrogens with zero attached hydrogens (tertiary/aromatic N) is 8. The van der Waals surface area contributed by atoms with Gasteiger partial charge in [-0.15, -0.1) is 0 Å². The summed E-state index contributed by atoms with van der Waals surface area (Å²) >= 11 is 0. The lowest BCUT2D eigenvalue weighted by molar-refractivity contribution is -0.869. The molecule has 0 aliphatic carbocycles. The molecule has 0 spiro atoms. The molecule has 3 aromatic heterocycles. The second-order valence-electron chi connectivity index (χ2n) is 14.4. The maximum absolute atomic E-state index is 12.9. The van der Waals surface area contributed by atoms with Gasteiger partial charge in [-0.05, 0) is 0 Å². The Kier molecular flexibility index (Phi) is 12.1.